The lowest BCUT2D eigenvalue weighted by Crippen LogP contribution is -2.17. The van der Waals surface area contributed by atoms with Gasteiger partial charge in [-0.05, 0) is 53.1 Å². The summed E-state index contributed by atoms with van der Waals surface area (Å²) in [5.74, 6) is 1.82. The third-order valence-corrected chi connectivity index (χ3v) is 8.81. The second-order valence-electron chi connectivity index (χ2n) is 12.9. The number of rotatable bonds is 20. The Morgan fingerprint density at radius 3 is 1.98 bits per heavy atom. The van der Waals surface area contributed by atoms with E-state index in [1.165, 1.54) is 89.0 Å². The van der Waals surface area contributed by atoms with Crippen LogP contribution in [0.25, 0.3) is 0 Å². The molecule has 0 bridgehead atoms. The van der Waals surface area contributed by atoms with Gasteiger partial charge in [-0.2, -0.15) is 0 Å². The smallest absolute Gasteiger partial charge is 0.255 e. The predicted molar refractivity (Wildman–Crippen MR) is 182 cm³/mol. The lowest BCUT2D eigenvalue weighted by atomic mass is 9.86. The molecule has 0 saturated heterocycles. The second-order valence-corrected chi connectivity index (χ2v) is 13.7. The van der Waals surface area contributed by atoms with Crippen LogP contribution < -0.4 is 10.1 Å². The SMILES string of the molecule is CCCCCCCCCCCCCCCCOc1ccc(NC(=O)c2ccc(CN3C=CSC3)cc2)cc1C(C)(C)C. The Morgan fingerprint density at radius 2 is 1.43 bits per heavy atom. The first kappa shape index (κ1) is 34.1. The summed E-state index contributed by atoms with van der Waals surface area (Å²) < 4.78 is 6.26. The minimum absolute atomic E-state index is 0.0878. The van der Waals surface area contributed by atoms with E-state index in [-0.39, 0.29) is 11.3 Å². The van der Waals surface area contributed by atoms with E-state index in [1.54, 1.807) is 11.8 Å². The Balaban J connectivity index is 1.35. The van der Waals surface area contributed by atoms with Crippen LogP contribution in [0.2, 0.25) is 0 Å². The summed E-state index contributed by atoms with van der Waals surface area (Å²) in [6.07, 6.45) is 21.1. The Morgan fingerprint density at radius 1 is 0.833 bits per heavy atom. The van der Waals surface area contributed by atoms with Gasteiger partial charge in [-0.25, -0.2) is 0 Å². The van der Waals surface area contributed by atoms with Gasteiger partial charge in [0.1, 0.15) is 5.75 Å². The zero-order valence-corrected chi connectivity index (χ0v) is 27.7. The molecule has 2 aromatic rings. The van der Waals surface area contributed by atoms with Gasteiger partial charge in [0.15, 0.2) is 0 Å². The standard InChI is InChI=1S/C37H56N2O2S/c1-5-6-7-8-9-10-11-12-13-14-15-16-17-18-26-41-35-24-23-33(28-34(35)37(2,3)4)38-36(40)32-21-19-31(20-22-32)29-39-25-27-42-30-39/h19-25,27-28H,5-18,26,29-30H2,1-4H3,(H,38,40). The van der Waals surface area contributed by atoms with E-state index in [0.29, 0.717) is 5.56 Å². The van der Waals surface area contributed by atoms with Gasteiger partial charge in [0.2, 0.25) is 0 Å². The molecular weight excluding hydrogens is 536 g/mol. The maximum absolute atomic E-state index is 13.0. The number of hydrogen-bond acceptors (Lipinski definition) is 4. The number of hydrogen-bond donors (Lipinski definition) is 1. The van der Waals surface area contributed by atoms with Crippen molar-refractivity contribution in [3.05, 3.63) is 70.8 Å². The highest BCUT2D eigenvalue weighted by atomic mass is 32.2. The highest BCUT2D eigenvalue weighted by Gasteiger charge is 2.20. The van der Waals surface area contributed by atoms with Crippen LogP contribution in [-0.4, -0.2) is 23.3 Å². The summed E-state index contributed by atoms with van der Waals surface area (Å²) in [5.41, 5.74) is 3.71. The zero-order valence-electron chi connectivity index (χ0n) is 26.9. The molecule has 1 aliphatic rings. The van der Waals surface area contributed by atoms with E-state index in [9.17, 15) is 4.79 Å². The van der Waals surface area contributed by atoms with E-state index in [4.69, 9.17) is 4.74 Å². The number of nitrogens with one attached hydrogen (secondary N) is 1. The third-order valence-electron chi connectivity index (χ3n) is 8.01. The minimum atomic E-state index is -0.0888. The van der Waals surface area contributed by atoms with Crippen molar-refractivity contribution in [3.63, 3.8) is 0 Å². The summed E-state index contributed by atoms with van der Waals surface area (Å²) in [5, 5.41) is 5.21. The molecule has 42 heavy (non-hydrogen) atoms. The van der Waals surface area contributed by atoms with E-state index >= 15 is 0 Å². The summed E-state index contributed by atoms with van der Waals surface area (Å²) in [6.45, 7) is 10.5. The Bertz CT molecular complexity index is 1070. The molecule has 2 aromatic carbocycles. The molecule has 0 atom stereocenters. The van der Waals surface area contributed by atoms with Crippen molar-refractivity contribution in [2.75, 3.05) is 17.8 Å². The molecular formula is C37H56N2O2S. The fourth-order valence-corrected chi connectivity index (χ4v) is 6.12. The maximum Gasteiger partial charge on any atom is 0.255 e. The molecule has 232 valence electrons. The van der Waals surface area contributed by atoms with Crippen LogP contribution in [0, 0.1) is 0 Å². The third kappa shape index (κ3) is 12.9. The van der Waals surface area contributed by atoms with Gasteiger partial charge in [0.05, 0.1) is 12.5 Å². The first-order valence-corrected chi connectivity index (χ1v) is 17.6. The summed E-state index contributed by atoms with van der Waals surface area (Å²) in [7, 11) is 0. The lowest BCUT2D eigenvalue weighted by molar-refractivity contribution is 0.102. The molecule has 1 heterocycles. The van der Waals surface area contributed by atoms with Gasteiger partial charge >= 0.3 is 0 Å². The molecule has 0 fully saturated rings. The van der Waals surface area contributed by atoms with Crippen molar-refractivity contribution in [3.8, 4) is 5.75 Å². The number of amides is 1. The summed E-state index contributed by atoms with van der Waals surface area (Å²) >= 11 is 1.80. The number of nitrogens with zero attached hydrogens (tertiary/aromatic N) is 1. The number of unbranched alkanes of at least 4 members (excludes halogenated alkanes) is 13. The van der Waals surface area contributed by atoms with E-state index < -0.39 is 0 Å². The lowest BCUT2D eigenvalue weighted by Gasteiger charge is -2.24. The van der Waals surface area contributed by atoms with Crippen molar-refractivity contribution in [2.45, 2.75) is 130 Å². The Labute approximate surface area is 261 Å². The van der Waals surface area contributed by atoms with Crippen LogP contribution in [0.3, 0.4) is 0 Å². The molecule has 1 aliphatic heterocycles. The Kier molecular flexibility index (Phi) is 15.4. The molecule has 5 heteroatoms. The van der Waals surface area contributed by atoms with Crippen LogP contribution >= 0.6 is 11.8 Å². The van der Waals surface area contributed by atoms with E-state index in [1.807, 2.05) is 36.4 Å². The molecule has 4 nitrogen and oxygen atoms in total. The van der Waals surface area contributed by atoms with Crippen molar-refractivity contribution in [2.24, 2.45) is 0 Å². The fourth-order valence-electron chi connectivity index (χ4n) is 5.41. The van der Waals surface area contributed by atoms with Crippen LogP contribution in [0.1, 0.15) is 139 Å². The van der Waals surface area contributed by atoms with Gasteiger partial charge in [-0.15, -0.1) is 11.8 Å². The van der Waals surface area contributed by atoms with Crippen molar-refractivity contribution < 1.29 is 9.53 Å². The van der Waals surface area contributed by atoms with Crippen LogP contribution in [0.5, 0.6) is 5.75 Å². The van der Waals surface area contributed by atoms with Crippen LogP contribution in [0.4, 0.5) is 5.69 Å². The predicted octanol–water partition coefficient (Wildman–Crippen LogP) is 11.1. The molecule has 0 aliphatic carbocycles. The molecule has 0 aromatic heterocycles. The topological polar surface area (TPSA) is 41.6 Å². The number of carbonyl (C=O) groups is 1. The number of benzene rings is 2. The molecule has 3 rings (SSSR count). The quantitative estimate of drug-likeness (QED) is 0.155. The van der Waals surface area contributed by atoms with Crippen LogP contribution in [-0.2, 0) is 12.0 Å². The number of thioether (sulfide) groups is 1. The number of ether oxygens (including phenoxy) is 1. The monoisotopic (exact) mass is 592 g/mol. The average Bonchev–Trinajstić information content (AvgIpc) is 3.48. The van der Waals surface area contributed by atoms with Gasteiger partial charge < -0.3 is 15.0 Å². The number of carbonyl (C=O) groups excluding carboxylic acids is 1. The molecule has 1 N–H and O–H groups in total. The first-order valence-electron chi connectivity index (χ1n) is 16.6. The molecule has 0 spiro atoms. The van der Waals surface area contributed by atoms with E-state index in [2.05, 4.69) is 55.6 Å². The molecule has 0 radical (unpaired) electrons. The Hall–Kier alpha value is -2.40. The molecule has 1 amide bonds. The zero-order chi connectivity index (χ0) is 30.0. The van der Waals surface area contributed by atoms with Gasteiger partial charge in [0, 0.05) is 29.6 Å². The first-order chi connectivity index (χ1) is 20.4. The van der Waals surface area contributed by atoms with Gasteiger partial charge in [-0.1, -0.05) is 123 Å². The van der Waals surface area contributed by atoms with E-state index in [0.717, 1.165) is 42.4 Å². The van der Waals surface area contributed by atoms with Gasteiger partial charge in [-0.3, -0.25) is 4.79 Å². The summed E-state index contributed by atoms with van der Waals surface area (Å²) in [4.78, 5) is 15.2. The number of anilines is 1. The average molecular weight is 593 g/mol. The minimum Gasteiger partial charge on any atom is -0.493 e. The highest BCUT2D eigenvalue weighted by Crippen LogP contribution is 2.34. The highest BCUT2D eigenvalue weighted by molar-refractivity contribution is 8.02. The van der Waals surface area contributed by atoms with Gasteiger partial charge in [0.25, 0.3) is 5.91 Å². The van der Waals surface area contributed by atoms with Crippen LogP contribution in [0.15, 0.2) is 54.1 Å². The van der Waals surface area contributed by atoms with Crippen molar-refractivity contribution in [1.29, 1.82) is 0 Å². The largest absolute Gasteiger partial charge is 0.493 e. The molecule has 0 saturated carbocycles. The fraction of sp³-hybridized carbons (Fsp3) is 0.595. The second kappa shape index (κ2) is 19.0. The maximum atomic E-state index is 13.0. The summed E-state index contributed by atoms with van der Waals surface area (Å²) in [6, 6.07) is 14.0. The van der Waals surface area contributed by atoms with Crippen molar-refractivity contribution in [1.82, 2.24) is 4.90 Å². The van der Waals surface area contributed by atoms with Crippen molar-refractivity contribution >= 4 is 23.4 Å². The molecule has 0 unspecified atom stereocenters. The normalized spacial score (nSPS) is 13.1.